The van der Waals surface area contributed by atoms with E-state index >= 15 is 0 Å². The number of nitrogens with two attached hydrogens (primary N) is 2. The standard InChI is InChI=1S/C6H11NO3S.H4N2/c1-4(8)7-5(2-3-11)6(9)10;1-2/h5,11H,2-3H2,1H3,(H,7,8)(H,9,10);1-2H2. The predicted molar refractivity (Wildman–Crippen MR) is 52.1 cm³/mol. The van der Waals surface area contributed by atoms with Gasteiger partial charge in [0.15, 0.2) is 0 Å². The molecule has 1 amide bonds. The first-order valence-corrected chi connectivity index (χ1v) is 4.15. The summed E-state index contributed by atoms with van der Waals surface area (Å²) in [6, 6.07) is -0.801. The Bertz CT molecular complexity index is 165. The van der Waals surface area contributed by atoms with Crippen LogP contribution >= 0.6 is 12.6 Å². The molecule has 0 heterocycles. The number of rotatable bonds is 4. The fourth-order valence-corrected chi connectivity index (χ4v) is 0.890. The van der Waals surface area contributed by atoms with Gasteiger partial charge in [-0.1, -0.05) is 0 Å². The summed E-state index contributed by atoms with van der Waals surface area (Å²) in [6.45, 7) is 1.29. The highest BCUT2D eigenvalue weighted by Gasteiger charge is 2.16. The van der Waals surface area contributed by atoms with Crippen LogP contribution in [0.3, 0.4) is 0 Å². The summed E-state index contributed by atoms with van der Waals surface area (Å²) >= 11 is 3.86. The normalized spacial score (nSPS) is 10.8. The first kappa shape index (κ1) is 14.7. The predicted octanol–water partition coefficient (Wildman–Crippen LogP) is -1.29. The zero-order valence-corrected chi connectivity index (χ0v) is 8.25. The second-order valence-electron chi connectivity index (χ2n) is 2.10. The lowest BCUT2D eigenvalue weighted by atomic mass is 10.2. The van der Waals surface area contributed by atoms with Crippen molar-refractivity contribution in [1.82, 2.24) is 5.32 Å². The lowest BCUT2D eigenvalue weighted by Gasteiger charge is -2.10. The molecule has 1 unspecified atom stereocenters. The number of carboxylic acids is 1. The lowest BCUT2D eigenvalue weighted by molar-refractivity contribution is -0.141. The zero-order valence-electron chi connectivity index (χ0n) is 7.36. The van der Waals surface area contributed by atoms with Gasteiger partial charge in [-0.3, -0.25) is 16.5 Å². The third kappa shape index (κ3) is 9.12. The smallest absolute Gasteiger partial charge is 0.326 e. The number of carbonyl (C=O) groups excluding carboxylic acids is 1. The molecule has 0 saturated heterocycles. The minimum Gasteiger partial charge on any atom is -0.480 e. The molecule has 6 nitrogen and oxygen atoms in total. The Morgan fingerprint density at radius 2 is 2.00 bits per heavy atom. The SMILES string of the molecule is CC(=O)NC(CCS)C(=O)O.NN. The van der Waals surface area contributed by atoms with Crippen molar-refractivity contribution in [2.45, 2.75) is 19.4 Å². The quantitative estimate of drug-likeness (QED) is 0.224. The van der Waals surface area contributed by atoms with Gasteiger partial charge < -0.3 is 10.4 Å². The van der Waals surface area contributed by atoms with E-state index in [9.17, 15) is 9.59 Å². The van der Waals surface area contributed by atoms with Crippen LogP contribution in [0.4, 0.5) is 0 Å². The molecule has 13 heavy (non-hydrogen) atoms. The number of amides is 1. The second-order valence-corrected chi connectivity index (χ2v) is 2.55. The molecule has 7 heteroatoms. The largest absolute Gasteiger partial charge is 0.480 e. The van der Waals surface area contributed by atoms with Crippen molar-refractivity contribution in [3.8, 4) is 0 Å². The van der Waals surface area contributed by atoms with Crippen LogP contribution in [0, 0.1) is 0 Å². The number of aliphatic carboxylic acids is 1. The molecule has 6 N–H and O–H groups in total. The topological polar surface area (TPSA) is 118 Å². The molecule has 0 aliphatic carbocycles. The summed E-state index contributed by atoms with van der Waals surface area (Å²) in [5.74, 6) is 7.09. The van der Waals surface area contributed by atoms with Gasteiger partial charge in [-0.05, 0) is 12.2 Å². The van der Waals surface area contributed by atoms with E-state index in [1.54, 1.807) is 0 Å². The molecule has 0 bridgehead atoms. The van der Waals surface area contributed by atoms with Crippen molar-refractivity contribution >= 4 is 24.5 Å². The van der Waals surface area contributed by atoms with E-state index in [4.69, 9.17) is 5.11 Å². The molecule has 0 aromatic rings. The Kier molecular flexibility index (Phi) is 10.5. The van der Waals surface area contributed by atoms with Crippen molar-refractivity contribution in [3.05, 3.63) is 0 Å². The molecule has 78 valence electrons. The first-order valence-electron chi connectivity index (χ1n) is 3.52. The minimum absolute atomic E-state index is 0.334. The van der Waals surface area contributed by atoms with Crippen LogP contribution in [0.25, 0.3) is 0 Å². The summed E-state index contributed by atoms with van der Waals surface area (Å²) in [5.41, 5.74) is 0. The maximum atomic E-state index is 10.4. The van der Waals surface area contributed by atoms with E-state index in [1.165, 1.54) is 6.92 Å². The van der Waals surface area contributed by atoms with E-state index in [0.717, 1.165) is 0 Å². The second kappa shape index (κ2) is 9.30. The fourth-order valence-electron chi connectivity index (χ4n) is 0.632. The van der Waals surface area contributed by atoms with E-state index in [0.29, 0.717) is 12.2 Å². The molecule has 0 radical (unpaired) electrons. The van der Waals surface area contributed by atoms with Gasteiger partial charge in [-0.25, -0.2) is 4.79 Å². The Balaban J connectivity index is 0. The highest BCUT2D eigenvalue weighted by molar-refractivity contribution is 7.80. The van der Waals surface area contributed by atoms with Crippen LogP contribution in [0.5, 0.6) is 0 Å². The molecule has 0 aromatic heterocycles. The highest BCUT2D eigenvalue weighted by atomic mass is 32.1. The number of hydrogen-bond donors (Lipinski definition) is 5. The molecule has 0 rings (SSSR count). The molecule has 1 atom stereocenters. The molecular weight excluding hydrogens is 194 g/mol. The zero-order chi connectivity index (χ0) is 10.9. The Hall–Kier alpha value is -0.790. The average molecular weight is 209 g/mol. The molecule has 0 aliphatic rings. The van der Waals surface area contributed by atoms with Crippen molar-refractivity contribution in [3.63, 3.8) is 0 Å². The summed E-state index contributed by atoms with van der Waals surface area (Å²) in [5, 5.41) is 10.8. The third-order valence-electron chi connectivity index (χ3n) is 1.09. The number of hydrogen-bond acceptors (Lipinski definition) is 5. The molecule has 0 aromatic carbocycles. The van der Waals surface area contributed by atoms with Crippen molar-refractivity contribution in [2.75, 3.05) is 5.75 Å². The highest BCUT2D eigenvalue weighted by Crippen LogP contribution is 1.93. The number of carbonyl (C=O) groups is 2. The van der Waals surface area contributed by atoms with Gasteiger partial charge in [0.2, 0.25) is 5.91 Å². The van der Waals surface area contributed by atoms with Crippen LogP contribution in [-0.4, -0.2) is 28.8 Å². The summed E-state index contributed by atoms with van der Waals surface area (Å²) in [6.07, 6.45) is 0.345. The maximum absolute atomic E-state index is 10.4. The van der Waals surface area contributed by atoms with Gasteiger partial charge in [0, 0.05) is 6.92 Å². The van der Waals surface area contributed by atoms with Crippen molar-refractivity contribution in [1.29, 1.82) is 0 Å². The fraction of sp³-hybridized carbons (Fsp3) is 0.667. The van der Waals surface area contributed by atoms with E-state index in [-0.39, 0.29) is 5.91 Å². The Labute approximate surface area is 82.0 Å². The molecule has 0 saturated carbocycles. The van der Waals surface area contributed by atoms with Gasteiger partial charge in [-0.15, -0.1) is 0 Å². The maximum Gasteiger partial charge on any atom is 0.326 e. The van der Waals surface area contributed by atoms with Crippen LogP contribution in [0.15, 0.2) is 0 Å². The van der Waals surface area contributed by atoms with Crippen molar-refractivity contribution < 1.29 is 14.7 Å². The Morgan fingerprint density at radius 3 is 2.23 bits per heavy atom. The summed E-state index contributed by atoms with van der Waals surface area (Å²) in [7, 11) is 0. The van der Waals surface area contributed by atoms with E-state index < -0.39 is 12.0 Å². The number of hydrazine groups is 1. The average Bonchev–Trinajstić information content (AvgIpc) is 2.06. The molecule has 0 spiro atoms. The van der Waals surface area contributed by atoms with E-state index in [2.05, 4.69) is 29.6 Å². The molecule has 0 fully saturated rings. The Morgan fingerprint density at radius 1 is 1.54 bits per heavy atom. The molecular formula is C6H15N3O3S. The summed E-state index contributed by atoms with van der Waals surface area (Å²) in [4.78, 5) is 20.8. The number of carboxylic acid groups (broad SMARTS) is 1. The lowest BCUT2D eigenvalue weighted by Crippen LogP contribution is -2.39. The van der Waals surface area contributed by atoms with Gasteiger partial charge in [0.1, 0.15) is 6.04 Å². The number of nitrogens with one attached hydrogen (secondary N) is 1. The first-order chi connectivity index (χ1) is 6.07. The monoisotopic (exact) mass is 209 g/mol. The van der Waals surface area contributed by atoms with E-state index in [1.807, 2.05) is 0 Å². The van der Waals surface area contributed by atoms with Crippen LogP contribution < -0.4 is 17.0 Å². The van der Waals surface area contributed by atoms with Crippen molar-refractivity contribution in [2.24, 2.45) is 11.7 Å². The van der Waals surface area contributed by atoms with Crippen LogP contribution in [-0.2, 0) is 9.59 Å². The van der Waals surface area contributed by atoms with Gasteiger partial charge in [-0.2, -0.15) is 12.6 Å². The van der Waals surface area contributed by atoms with Gasteiger partial charge in [0.05, 0.1) is 0 Å². The minimum atomic E-state index is -1.02. The number of thiol groups is 1. The van der Waals surface area contributed by atoms with Gasteiger partial charge in [0.25, 0.3) is 0 Å². The van der Waals surface area contributed by atoms with Crippen LogP contribution in [0.2, 0.25) is 0 Å². The molecule has 0 aliphatic heterocycles. The van der Waals surface area contributed by atoms with Gasteiger partial charge >= 0.3 is 5.97 Å². The summed E-state index contributed by atoms with van der Waals surface area (Å²) < 4.78 is 0. The third-order valence-corrected chi connectivity index (χ3v) is 1.35. The van der Waals surface area contributed by atoms with Crippen LogP contribution in [0.1, 0.15) is 13.3 Å².